The van der Waals surface area contributed by atoms with Crippen LogP contribution < -0.4 is 11.1 Å². The molecule has 2 rings (SSSR count). The van der Waals surface area contributed by atoms with E-state index in [9.17, 15) is 14.9 Å². The van der Waals surface area contributed by atoms with E-state index in [0.717, 1.165) is 0 Å². The lowest BCUT2D eigenvalue weighted by molar-refractivity contribution is -0.384. The van der Waals surface area contributed by atoms with Crippen molar-refractivity contribution in [2.75, 3.05) is 11.1 Å². The van der Waals surface area contributed by atoms with Gasteiger partial charge in [0.15, 0.2) is 0 Å². The van der Waals surface area contributed by atoms with E-state index in [2.05, 4.69) is 15.5 Å². The van der Waals surface area contributed by atoms with Gasteiger partial charge in [-0.25, -0.2) is 0 Å². The van der Waals surface area contributed by atoms with E-state index in [-0.39, 0.29) is 11.6 Å². The second kappa shape index (κ2) is 6.44. The molecule has 0 aliphatic rings. The minimum absolute atomic E-state index is 0.0228. The Labute approximate surface area is 125 Å². The quantitative estimate of drug-likeness (QED) is 0.387. The van der Waals surface area contributed by atoms with E-state index in [1.54, 1.807) is 18.2 Å². The number of anilines is 2. The smallest absolute Gasteiger partial charge is 0.269 e. The summed E-state index contributed by atoms with van der Waals surface area (Å²) in [6.45, 7) is 1.38. The topological polar surface area (TPSA) is 123 Å². The van der Waals surface area contributed by atoms with Gasteiger partial charge in [0.05, 0.1) is 16.3 Å². The molecular weight excluding hydrogens is 286 g/mol. The molecule has 22 heavy (non-hydrogen) atoms. The first-order valence-corrected chi connectivity index (χ1v) is 6.29. The fraction of sp³-hybridized carbons (Fsp3) is 0.0714. The number of carbonyl (C=O) groups excluding carboxylic acids is 1. The van der Waals surface area contributed by atoms with E-state index < -0.39 is 4.92 Å². The molecule has 8 heteroatoms. The summed E-state index contributed by atoms with van der Waals surface area (Å²) in [7, 11) is 0. The Morgan fingerprint density at radius 1 is 1.18 bits per heavy atom. The molecule has 0 spiro atoms. The lowest BCUT2D eigenvalue weighted by Gasteiger charge is -2.06. The van der Waals surface area contributed by atoms with Gasteiger partial charge in [0.1, 0.15) is 5.69 Å². The number of nitro benzene ring substituents is 1. The molecule has 0 fully saturated rings. The number of non-ortho nitro benzene ring substituents is 1. The predicted octanol–water partition coefficient (Wildman–Crippen LogP) is 3.55. The van der Waals surface area contributed by atoms with Crippen molar-refractivity contribution in [2.45, 2.75) is 6.92 Å². The van der Waals surface area contributed by atoms with Crippen LogP contribution in [0.3, 0.4) is 0 Å². The number of hydrogen-bond donors (Lipinski definition) is 2. The van der Waals surface area contributed by atoms with Crippen molar-refractivity contribution in [3.63, 3.8) is 0 Å². The van der Waals surface area contributed by atoms with Gasteiger partial charge in [-0.15, -0.1) is 5.11 Å². The van der Waals surface area contributed by atoms with E-state index in [1.165, 1.54) is 31.2 Å². The summed E-state index contributed by atoms with van der Waals surface area (Å²) in [5.74, 6) is -0.252. The third-order valence-electron chi connectivity index (χ3n) is 2.67. The maximum atomic E-state index is 11.2. The molecule has 0 unspecified atom stereocenters. The minimum Gasteiger partial charge on any atom is -0.399 e. The minimum atomic E-state index is -0.490. The Balaban J connectivity index is 2.25. The van der Waals surface area contributed by atoms with E-state index >= 15 is 0 Å². The van der Waals surface area contributed by atoms with Crippen LogP contribution >= 0.6 is 0 Å². The van der Waals surface area contributed by atoms with Crippen molar-refractivity contribution in [2.24, 2.45) is 10.2 Å². The number of hydrogen-bond acceptors (Lipinski definition) is 6. The van der Waals surface area contributed by atoms with Gasteiger partial charge in [-0.3, -0.25) is 14.9 Å². The zero-order chi connectivity index (χ0) is 16.1. The maximum absolute atomic E-state index is 11.2. The number of azo groups is 1. The highest BCUT2D eigenvalue weighted by atomic mass is 16.6. The fourth-order valence-corrected chi connectivity index (χ4v) is 1.68. The zero-order valence-electron chi connectivity index (χ0n) is 11.7. The van der Waals surface area contributed by atoms with Crippen molar-refractivity contribution in [1.82, 2.24) is 0 Å². The molecule has 0 heterocycles. The van der Waals surface area contributed by atoms with Crippen molar-refractivity contribution < 1.29 is 9.72 Å². The second-order valence-corrected chi connectivity index (χ2v) is 4.43. The lowest BCUT2D eigenvalue weighted by Crippen LogP contribution is -2.06. The number of amides is 1. The highest BCUT2D eigenvalue weighted by Crippen LogP contribution is 2.29. The number of nitrogens with two attached hydrogens (primary N) is 1. The number of benzene rings is 2. The molecule has 112 valence electrons. The van der Waals surface area contributed by atoms with Gasteiger partial charge in [-0.05, 0) is 30.3 Å². The Kier molecular flexibility index (Phi) is 4.42. The first-order chi connectivity index (χ1) is 10.5. The summed E-state index contributed by atoms with van der Waals surface area (Å²) in [6.07, 6.45) is 0. The van der Waals surface area contributed by atoms with E-state index in [4.69, 9.17) is 5.73 Å². The van der Waals surface area contributed by atoms with Gasteiger partial charge in [-0.2, -0.15) is 5.11 Å². The van der Waals surface area contributed by atoms with Crippen molar-refractivity contribution in [3.05, 3.63) is 52.6 Å². The second-order valence-electron chi connectivity index (χ2n) is 4.43. The average Bonchev–Trinajstić information content (AvgIpc) is 2.46. The molecule has 0 saturated heterocycles. The molecule has 1 amide bonds. The predicted molar refractivity (Wildman–Crippen MR) is 82.4 cm³/mol. The van der Waals surface area contributed by atoms with Crippen LogP contribution in [0.5, 0.6) is 0 Å². The number of nitrogen functional groups attached to an aromatic ring is 1. The van der Waals surface area contributed by atoms with E-state index in [1.807, 2.05) is 0 Å². The van der Waals surface area contributed by atoms with Gasteiger partial charge in [0.2, 0.25) is 5.91 Å². The molecule has 3 N–H and O–H groups in total. The van der Waals surface area contributed by atoms with Crippen LogP contribution in [-0.4, -0.2) is 10.8 Å². The van der Waals surface area contributed by atoms with Crippen molar-refractivity contribution in [1.29, 1.82) is 0 Å². The summed E-state index contributed by atoms with van der Waals surface area (Å²) in [6, 6.07) is 10.5. The molecule has 0 aliphatic heterocycles. The molecule has 0 aromatic heterocycles. The number of nitro groups is 1. The van der Waals surface area contributed by atoms with Gasteiger partial charge < -0.3 is 11.1 Å². The molecule has 0 saturated carbocycles. The third kappa shape index (κ3) is 3.85. The number of nitrogens with zero attached hydrogens (tertiary/aromatic N) is 3. The largest absolute Gasteiger partial charge is 0.399 e. The SMILES string of the molecule is CC(=O)Nc1cc(N)ccc1N=Nc1ccc([N+](=O)[O-])cc1. The maximum Gasteiger partial charge on any atom is 0.269 e. The first-order valence-electron chi connectivity index (χ1n) is 6.29. The monoisotopic (exact) mass is 299 g/mol. The highest BCUT2D eigenvalue weighted by molar-refractivity contribution is 5.92. The summed E-state index contributed by atoms with van der Waals surface area (Å²) in [5.41, 5.74) is 7.46. The average molecular weight is 299 g/mol. The zero-order valence-corrected chi connectivity index (χ0v) is 11.7. The van der Waals surface area contributed by atoms with Crippen molar-refractivity contribution in [3.8, 4) is 0 Å². The van der Waals surface area contributed by atoms with Crippen LogP contribution in [0.25, 0.3) is 0 Å². The molecule has 2 aromatic carbocycles. The third-order valence-corrected chi connectivity index (χ3v) is 2.67. The molecule has 8 nitrogen and oxygen atoms in total. The first kappa shape index (κ1) is 15.1. The lowest BCUT2D eigenvalue weighted by atomic mass is 10.2. The number of rotatable bonds is 4. The summed E-state index contributed by atoms with van der Waals surface area (Å²) in [5, 5.41) is 21.2. The fourth-order valence-electron chi connectivity index (χ4n) is 1.68. The van der Waals surface area contributed by atoms with Crippen LogP contribution in [0.4, 0.5) is 28.4 Å². The normalized spacial score (nSPS) is 10.6. The van der Waals surface area contributed by atoms with Gasteiger partial charge in [0, 0.05) is 24.7 Å². The molecule has 0 bridgehead atoms. The Morgan fingerprint density at radius 2 is 1.86 bits per heavy atom. The number of carbonyl (C=O) groups is 1. The van der Waals surface area contributed by atoms with Gasteiger partial charge in [-0.1, -0.05) is 0 Å². The summed E-state index contributed by atoms with van der Waals surface area (Å²) in [4.78, 5) is 21.2. The van der Waals surface area contributed by atoms with Gasteiger partial charge >= 0.3 is 0 Å². The molecular formula is C14H13N5O3. The van der Waals surface area contributed by atoms with Crippen LogP contribution in [0.15, 0.2) is 52.7 Å². The Hall–Kier alpha value is -3.29. The van der Waals surface area contributed by atoms with Crippen LogP contribution in [-0.2, 0) is 4.79 Å². The summed E-state index contributed by atoms with van der Waals surface area (Å²) >= 11 is 0. The summed E-state index contributed by atoms with van der Waals surface area (Å²) < 4.78 is 0. The molecule has 0 aliphatic carbocycles. The van der Waals surface area contributed by atoms with Crippen LogP contribution in [0.2, 0.25) is 0 Å². The van der Waals surface area contributed by atoms with Crippen molar-refractivity contribution >= 4 is 34.3 Å². The molecule has 0 radical (unpaired) electrons. The van der Waals surface area contributed by atoms with Crippen LogP contribution in [0, 0.1) is 10.1 Å². The van der Waals surface area contributed by atoms with E-state index in [0.29, 0.717) is 22.7 Å². The van der Waals surface area contributed by atoms with Gasteiger partial charge in [0.25, 0.3) is 5.69 Å². The molecule has 2 aromatic rings. The number of nitrogens with one attached hydrogen (secondary N) is 1. The Bertz CT molecular complexity index is 741. The standard InChI is InChI=1S/C14H13N5O3/c1-9(20)16-14-8-10(15)2-7-13(14)18-17-11-3-5-12(6-4-11)19(21)22/h2-8H,15H2,1H3,(H,16,20). The highest BCUT2D eigenvalue weighted by Gasteiger charge is 2.05. The van der Waals surface area contributed by atoms with Crippen LogP contribution in [0.1, 0.15) is 6.92 Å². The Morgan fingerprint density at radius 3 is 2.45 bits per heavy atom. The molecule has 0 atom stereocenters.